The zero-order valence-corrected chi connectivity index (χ0v) is 6.39. The average molecular weight is 168 g/mol. The maximum atomic E-state index is 11.9. The van der Waals surface area contributed by atoms with Crippen LogP contribution in [0.15, 0.2) is 0 Å². The molecule has 0 radical (unpaired) electrons. The summed E-state index contributed by atoms with van der Waals surface area (Å²) in [4.78, 5) is 10.1. The van der Waals surface area contributed by atoms with Gasteiger partial charge < -0.3 is 9.47 Å². The highest BCUT2D eigenvalue weighted by Gasteiger charge is 2.20. The van der Waals surface area contributed by atoms with Crippen molar-refractivity contribution in [3.63, 3.8) is 0 Å². The summed E-state index contributed by atoms with van der Waals surface area (Å²) in [5.74, 6) is -0.506. The molecule has 0 aromatic carbocycles. The van der Waals surface area contributed by atoms with Crippen LogP contribution >= 0.6 is 0 Å². The quantitative estimate of drug-likeness (QED) is 0.467. The Morgan fingerprint density at radius 2 is 2.00 bits per heavy atom. The second-order valence-electron chi connectivity index (χ2n) is 2.00. The SMILES string of the molecule is CC(=O)OCCOC(C)(F)F. The van der Waals surface area contributed by atoms with Crippen LogP contribution in [0.4, 0.5) is 8.78 Å². The first-order chi connectivity index (χ1) is 4.92. The molecule has 66 valence electrons. The second kappa shape index (κ2) is 4.23. The highest BCUT2D eigenvalue weighted by atomic mass is 19.3. The fraction of sp³-hybridized carbons (Fsp3) is 0.833. The van der Waals surface area contributed by atoms with Crippen molar-refractivity contribution in [1.82, 2.24) is 0 Å². The number of carbonyl (C=O) groups excluding carboxylic acids is 1. The van der Waals surface area contributed by atoms with Gasteiger partial charge in [0.1, 0.15) is 6.61 Å². The summed E-state index contributed by atoms with van der Waals surface area (Å²) in [6, 6.07) is 0. The molecule has 0 fully saturated rings. The van der Waals surface area contributed by atoms with Gasteiger partial charge in [0.25, 0.3) is 0 Å². The first-order valence-electron chi connectivity index (χ1n) is 3.07. The molecule has 0 bridgehead atoms. The lowest BCUT2D eigenvalue weighted by molar-refractivity contribution is -0.229. The van der Waals surface area contributed by atoms with Gasteiger partial charge in [-0.2, -0.15) is 8.78 Å². The molecule has 0 aliphatic carbocycles. The number of alkyl halides is 2. The maximum absolute atomic E-state index is 11.9. The lowest BCUT2D eigenvalue weighted by atomic mass is 10.7. The van der Waals surface area contributed by atoms with Gasteiger partial charge in [0.15, 0.2) is 0 Å². The Balaban J connectivity index is 3.22. The monoisotopic (exact) mass is 168 g/mol. The number of esters is 1. The minimum absolute atomic E-state index is 0.140. The van der Waals surface area contributed by atoms with Crippen LogP contribution in [-0.2, 0) is 14.3 Å². The highest BCUT2D eigenvalue weighted by Crippen LogP contribution is 2.12. The second-order valence-corrected chi connectivity index (χ2v) is 2.00. The Morgan fingerprint density at radius 3 is 2.36 bits per heavy atom. The van der Waals surface area contributed by atoms with E-state index in [0.717, 1.165) is 0 Å². The summed E-state index contributed by atoms with van der Waals surface area (Å²) in [7, 11) is 0. The van der Waals surface area contributed by atoms with Crippen molar-refractivity contribution in [2.75, 3.05) is 13.2 Å². The molecule has 11 heavy (non-hydrogen) atoms. The van der Waals surface area contributed by atoms with Crippen LogP contribution in [0.3, 0.4) is 0 Å². The molecule has 0 atom stereocenters. The molecule has 0 unspecified atom stereocenters. The van der Waals surface area contributed by atoms with Crippen LogP contribution in [-0.4, -0.2) is 25.3 Å². The molecular formula is C6H10F2O3. The van der Waals surface area contributed by atoms with E-state index in [9.17, 15) is 13.6 Å². The molecule has 0 aliphatic heterocycles. The van der Waals surface area contributed by atoms with Crippen molar-refractivity contribution in [2.45, 2.75) is 20.0 Å². The van der Waals surface area contributed by atoms with Crippen LogP contribution in [0.25, 0.3) is 0 Å². The van der Waals surface area contributed by atoms with Crippen LogP contribution in [0.2, 0.25) is 0 Å². The third-order valence-electron chi connectivity index (χ3n) is 0.744. The van der Waals surface area contributed by atoms with Gasteiger partial charge in [-0.15, -0.1) is 0 Å². The summed E-state index contributed by atoms with van der Waals surface area (Å²) in [6.07, 6.45) is -3.15. The minimum Gasteiger partial charge on any atom is -0.463 e. The lowest BCUT2D eigenvalue weighted by Gasteiger charge is -2.10. The van der Waals surface area contributed by atoms with Crippen molar-refractivity contribution >= 4 is 5.97 Å². The smallest absolute Gasteiger partial charge is 0.353 e. The standard InChI is InChI=1S/C6H10F2O3/c1-5(9)10-3-4-11-6(2,7)8/h3-4H2,1-2H3. The minimum atomic E-state index is -3.15. The summed E-state index contributed by atoms with van der Waals surface area (Å²) in [5, 5.41) is 0. The van der Waals surface area contributed by atoms with E-state index in [4.69, 9.17) is 0 Å². The Kier molecular flexibility index (Phi) is 3.95. The van der Waals surface area contributed by atoms with E-state index in [2.05, 4.69) is 9.47 Å². The van der Waals surface area contributed by atoms with Crippen LogP contribution in [0.5, 0.6) is 0 Å². The molecule has 0 aliphatic rings. The Labute approximate surface area is 63.3 Å². The van der Waals surface area contributed by atoms with E-state index in [1.807, 2.05) is 0 Å². The number of ether oxygens (including phenoxy) is 2. The molecule has 0 saturated carbocycles. The van der Waals surface area contributed by atoms with E-state index < -0.39 is 12.1 Å². The number of halogens is 2. The van der Waals surface area contributed by atoms with Crippen molar-refractivity contribution in [2.24, 2.45) is 0 Å². The molecule has 0 saturated heterocycles. The van der Waals surface area contributed by atoms with Gasteiger partial charge in [-0.1, -0.05) is 0 Å². The fourth-order valence-corrected chi connectivity index (χ4v) is 0.406. The molecule has 3 nitrogen and oxygen atoms in total. The van der Waals surface area contributed by atoms with E-state index in [1.54, 1.807) is 0 Å². The third-order valence-corrected chi connectivity index (χ3v) is 0.744. The molecule has 0 aromatic heterocycles. The van der Waals surface area contributed by atoms with Gasteiger partial charge in [-0.25, -0.2) is 0 Å². The highest BCUT2D eigenvalue weighted by molar-refractivity contribution is 5.65. The van der Waals surface area contributed by atoms with Gasteiger partial charge in [0.2, 0.25) is 0 Å². The number of carbonyl (C=O) groups is 1. The molecule has 0 aromatic rings. The van der Waals surface area contributed by atoms with Crippen LogP contribution in [0.1, 0.15) is 13.8 Å². The Morgan fingerprint density at radius 1 is 1.45 bits per heavy atom. The van der Waals surface area contributed by atoms with Crippen molar-refractivity contribution in [3.8, 4) is 0 Å². The molecule has 0 heterocycles. The van der Waals surface area contributed by atoms with E-state index in [1.165, 1.54) is 6.92 Å². The van der Waals surface area contributed by atoms with Crippen molar-refractivity contribution in [1.29, 1.82) is 0 Å². The largest absolute Gasteiger partial charge is 0.463 e. The van der Waals surface area contributed by atoms with Gasteiger partial charge in [0, 0.05) is 13.8 Å². The average Bonchev–Trinajstić information content (AvgIpc) is 1.78. The van der Waals surface area contributed by atoms with E-state index in [0.29, 0.717) is 6.92 Å². The van der Waals surface area contributed by atoms with Gasteiger partial charge >= 0.3 is 12.1 Å². The Hall–Kier alpha value is -0.710. The topological polar surface area (TPSA) is 35.5 Å². The predicted molar refractivity (Wildman–Crippen MR) is 33.2 cm³/mol. The van der Waals surface area contributed by atoms with Gasteiger partial charge in [-0.3, -0.25) is 4.79 Å². The summed E-state index contributed by atoms with van der Waals surface area (Å²) in [5.41, 5.74) is 0. The van der Waals surface area contributed by atoms with Gasteiger partial charge in [-0.05, 0) is 0 Å². The first kappa shape index (κ1) is 10.3. The number of rotatable bonds is 4. The number of hydrogen-bond acceptors (Lipinski definition) is 3. The normalized spacial score (nSPS) is 11.3. The van der Waals surface area contributed by atoms with Gasteiger partial charge in [0.05, 0.1) is 6.61 Å². The van der Waals surface area contributed by atoms with Crippen LogP contribution in [0, 0.1) is 0 Å². The zero-order valence-electron chi connectivity index (χ0n) is 6.39. The molecule has 0 rings (SSSR count). The summed E-state index contributed by atoms with van der Waals surface area (Å²) >= 11 is 0. The van der Waals surface area contributed by atoms with E-state index in [-0.39, 0.29) is 13.2 Å². The number of hydrogen-bond donors (Lipinski definition) is 0. The van der Waals surface area contributed by atoms with Crippen molar-refractivity contribution < 1.29 is 23.0 Å². The summed E-state index contributed by atoms with van der Waals surface area (Å²) in [6.45, 7) is 1.40. The van der Waals surface area contributed by atoms with E-state index >= 15 is 0 Å². The first-order valence-corrected chi connectivity index (χ1v) is 3.07. The lowest BCUT2D eigenvalue weighted by Crippen LogP contribution is -2.19. The zero-order chi connectivity index (χ0) is 8.91. The third kappa shape index (κ3) is 9.29. The maximum Gasteiger partial charge on any atom is 0.353 e. The summed E-state index contributed by atoms with van der Waals surface area (Å²) < 4.78 is 32.1. The van der Waals surface area contributed by atoms with Crippen LogP contribution < -0.4 is 0 Å². The molecule has 0 spiro atoms. The Bertz CT molecular complexity index is 130. The molecular weight excluding hydrogens is 158 g/mol. The fourth-order valence-electron chi connectivity index (χ4n) is 0.406. The van der Waals surface area contributed by atoms with Crippen molar-refractivity contribution in [3.05, 3.63) is 0 Å². The molecule has 0 N–H and O–H groups in total. The predicted octanol–water partition coefficient (Wildman–Crippen LogP) is 1.18. The molecule has 5 heteroatoms. The molecule has 0 amide bonds.